The van der Waals surface area contributed by atoms with E-state index in [9.17, 15) is 0 Å². The molecule has 0 aliphatic carbocycles. The summed E-state index contributed by atoms with van der Waals surface area (Å²) in [4.78, 5) is 0. The second kappa shape index (κ2) is 6.50. The minimum atomic E-state index is 0.792. The Morgan fingerprint density at radius 1 is 1.22 bits per heavy atom. The highest BCUT2D eigenvalue weighted by Gasteiger charge is 2.05. The molecule has 2 aromatic rings. The van der Waals surface area contributed by atoms with Crippen molar-refractivity contribution in [2.45, 2.75) is 32.1 Å². The molecule has 2 rings (SSSR count). The summed E-state index contributed by atoms with van der Waals surface area (Å²) in [6.07, 6.45) is 6.24. The monoisotopic (exact) mass is 244 g/mol. The van der Waals surface area contributed by atoms with Crippen molar-refractivity contribution in [1.82, 2.24) is 4.57 Å². The SMILES string of the molecule is COc1cccc2c1ccn2CCCCC[B]O. The fourth-order valence-electron chi connectivity index (χ4n) is 2.26. The second-order valence-electron chi connectivity index (χ2n) is 4.43. The van der Waals surface area contributed by atoms with Crippen LogP contribution in [0.2, 0.25) is 6.32 Å². The number of aromatic nitrogens is 1. The Labute approximate surface area is 109 Å². The van der Waals surface area contributed by atoms with E-state index in [1.807, 2.05) is 12.1 Å². The highest BCUT2D eigenvalue weighted by atomic mass is 16.5. The fraction of sp³-hybridized carbons (Fsp3) is 0.429. The number of nitrogens with zero attached hydrogens (tertiary/aromatic N) is 1. The van der Waals surface area contributed by atoms with Crippen molar-refractivity contribution in [2.24, 2.45) is 0 Å². The zero-order valence-electron chi connectivity index (χ0n) is 10.8. The van der Waals surface area contributed by atoms with E-state index >= 15 is 0 Å². The van der Waals surface area contributed by atoms with Gasteiger partial charge in [-0.15, -0.1) is 0 Å². The Balaban J connectivity index is 2.01. The molecule has 1 heterocycles. The van der Waals surface area contributed by atoms with Crippen molar-refractivity contribution in [3.63, 3.8) is 0 Å². The normalized spacial score (nSPS) is 10.8. The topological polar surface area (TPSA) is 34.4 Å². The van der Waals surface area contributed by atoms with Gasteiger partial charge in [-0.25, -0.2) is 0 Å². The molecule has 0 atom stereocenters. The minimum absolute atomic E-state index is 0.792. The maximum Gasteiger partial charge on any atom is 0.287 e. The van der Waals surface area contributed by atoms with E-state index in [0.29, 0.717) is 0 Å². The van der Waals surface area contributed by atoms with Crippen molar-refractivity contribution >= 4 is 18.4 Å². The van der Waals surface area contributed by atoms with Crippen molar-refractivity contribution in [3.8, 4) is 5.75 Å². The molecule has 0 unspecified atom stereocenters. The Kier molecular flexibility index (Phi) is 4.70. The zero-order chi connectivity index (χ0) is 12.8. The molecule has 3 nitrogen and oxygen atoms in total. The molecule has 1 aromatic heterocycles. The van der Waals surface area contributed by atoms with Crippen LogP contribution < -0.4 is 4.74 Å². The number of methoxy groups -OCH3 is 1. The Hall–Kier alpha value is -1.42. The average molecular weight is 244 g/mol. The van der Waals surface area contributed by atoms with Crippen LogP contribution in [-0.2, 0) is 6.54 Å². The second-order valence-corrected chi connectivity index (χ2v) is 4.43. The summed E-state index contributed by atoms with van der Waals surface area (Å²) in [5, 5.41) is 9.77. The van der Waals surface area contributed by atoms with Gasteiger partial charge in [0.1, 0.15) is 5.75 Å². The van der Waals surface area contributed by atoms with Gasteiger partial charge in [0.05, 0.1) is 12.6 Å². The van der Waals surface area contributed by atoms with Crippen molar-refractivity contribution in [3.05, 3.63) is 30.5 Å². The van der Waals surface area contributed by atoms with Gasteiger partial charge in [0, 0.05) is 18.1 Å². The maximum atomic E-state index is 8.60. The average Bonchev–Trinajstić information content (AvgIpc) is 2.82. The summed E-state index contributed by atoms with van der Waals surface area (Å²) in [5.41, 5.74) is 1.23. The molecule has 0 spiro atoms. The van der Waals surface area contributed by atoms with Crippen LogP contribution in [0.15, 0.2) is 30.5 Å². The molecule has 0 aliphatic heterocycles. The van der Waals surface area contributed by atoms with Gasteiger partial charge < -0.3 is 14.3 Å². The third kappa shape index (κ3) is 2.88. The highest BCUT2D eigenvalue weighted by molar-refractivity contribution is 6.25. The summed E-state index contributed by atoms with van der Waals surface area (Å²) < 4.78 is 7.62. The van der Waals surface area contributed by atoms with Gasteiger partial charge in [0.25, 0.3) is 7.48 Å². The quantitative estimate of drug-likeness (QED) is 0.600. The molecule has 0 amide bonds. The number of hydrogen-bond acceptors (Lipinski definition) is 2. The first-order chi connectivity index (χ1) is 8.86. The summed E-state index contributed by atoms with van der Waals surface area (Å²) >= 11 is 0. The van der Waals surface area contributed by atoms with E-state index in [-0.39, 0.29) is 0 Å². The molecule has 1 N–H and O–H groups in total. The molecule has 1 aromatic carbocycles. The fourth-order valence-corrected chi connectivity index (χ4v) is 2.26. The standard InChI is InChI=1S/C14H19BNO2/c1-18-14-7-5-6-13-12(14)8-11-16(13)10-4-2-3-9-15-17/h5-8,11,17H,2-4,9-10H2,1H3. The van der Waals surface area contributed by atoms with Crippen molar-refractivity contribution in [1.29, 1.82) is 0 Å². The lowest BCUT2D eigenvalue weighted by Crippen LogP contribution is -1.96. The van der Waals surface area contributed by atoms with Gasteiger partial charge in [-0.1, -0.05) is 25.2 Å². The van der Waals surface area contributed by atoms with Gasteiger partial charge in [-0.2, -0.15) is 0 Å². The van der Waals surface area contributed by atoms with Gasteiger partial charge in [0.15, 0.2) is 0 Å². The Bertz CT molecular complexity index is 495. The number of ether oxygens (including phenoxy) is 1. The first-order valence-corrected chi connectivity index (χ1v) is 6.44. The van der Waals surface area contributed by atoms with Gasteiger partial charge >= 0.3 is 0 Å². The molecule has 18 heavy (non-hydrogen) atoms. The van der Waals surface area contributed by atoms with E-state index < -0.39 is 0 Å². The predicted octanol–water partition coefficient (Wildman–Crippen LogP) is 2.85. The van der Waals surface area contributed by atoms with E-state index in [1.165, 1.54) is 18.4 Å². The van der Waals surface area contributed by atoms with E-state index in [2.05, 4.69) is 22.9 Å². The van der Waals surface area contributed by atoms with Crippen LogP contribution >= 0.6 is 0 Å². The van der Waals surface area contributed by atoms with E-state index in [0.717, 1.165) is 37.9 Å². The molecule has 0 fully saturated rings. The molecule has 0 saturated heterocycles. The Morgan fingerprint density at radius 3 is 2.89 bits per heavy atom. The molecular weight excluding hydrogens is 225 g/mol. The lowest BCUT2D eigenvalue weighted by atomic mass is 9.92. The van der Waals surface area contributed by atoms with Crippen LogP contribution in [0.25, 0.3) is 10.9 Å². The molecule has 95 valence electrons. The molecule has 0 saturated carbocycles. The van der Waals surface area contributed by atoms with E-state index in [1.54, 1.807) is 7.11 Å². The number of fused-ring (bicyclic) bond motifs is 1. The smallest absolute Gasteiger partial charge is 0.287 e. The summed E-state index contributed by atoms with van der Waals surface area (Å²) in [5.74, 6) is 0.932. The van der Waals surface area contributed by atoms with Crippen LogP contribution in [-0.4, -0.2) is 24.2 Å². The third-order valence-corrected chi connectivity index (χ3v) is 3.23. The number of benzene rings is 1. The molecular formula is C14H19BNO2. The lowest BCUT2D eigenvalue weighted by Gasteiger charge is -2.06. The van der Waals surface area contributed by atoms with E-state index in [4.69, 9.17) is 9.76 Å². The first-order valence-electron chi connectivity index (χ1n) is 6.44. The summed E-state index contributed by atoms with van der Waals surface area (Å²) in [6.45, 7) is 1.02. The summed E-state index contributed by atoms with van der Waals surface area (Å²) in [7, 11) is 2.95. The minimum Gasteiger partial charge on any atom is -0.496 e. The van der Waals surface area contributed by atoms with Crippen LogP contribution in [0.4, 0.5) is 0 Å². The largest absolute Gasteiger partial charge is 0.496 e. The zero-order valence-corrected chi connectivity index (χ0v) is 10.8. The van der Waals surface area contributed by atoms with Crippen LogP contribution in [0.3, 0.4) is 0 Å². The molecule has 1 radical (unpaired) electrons. The lowest BCUT2D eigenvalue weighted by molar-refractivity contribution is 0.420. The summed E-state index contributed by atoms with van der Waals surface area (Å²) in [6, 6.07) is 8.25. The first kappa shape index (κ1) is 13.0. The van der Waals surface area contributed by atoms with Crippen LogP contribution in [0.1, 0.15) is 19.3 Å². The Morgan fingerprint density at radius 2 is 2.11 bits per heavy atom. The maximum absolute atomic E-state index is 8.60. The van der Waals surface area contributed by atoms with Gasteiger partial charge in [-0.3, -0.25) is 0 Å². The number of rotatable bonds is 7. The highest BCUT2D eigenvalue weighted by Crippen LogP contribution is 2.26. The van der Waals surface area contributed by atoms with Crippen LogP contribution in [0.5, 0.6) is 5.75 Å². The van der Waals surface area contributed by atoms with Crippen molar-refractivity contribution < 1.29 is 9.76 Å². The number of unbranched alkanes of at least 4 members (excludes halogenated alkanes) is 2. The molecule has 0 bridgehead atoms. The number of aryl methyl sites for hydroxylation is 1. The van der Waals surface area contributed by atoms with Crippen LogP contribution in [0, 0.1) is 0 Å². The third-order valence-electron chi connectivity index (χ3n) is 3.23. The van der Waals surface area contributed by atoms with Gasteiger partial charge in [-0.05, 0) is 24.6 Å². The predicted molar refractivity (Wildman–Crippen MR) is 75.1 cm³/mol. The number of hydrogen-bond donors (Lipinski definition) is 1. The molecule has 0 aliphatic rings. The van der Waals surface area contributed by atoms with Gasteiger partial charge in [0.2, 0.25) is 0 Å². The van der Waals surface area contributed by atoms with Crippen molar-refractivity contribution in [2.75, 3.05) is 7.11 Å². The molecule has 4 heteroatoms.